The Morgan fingerprint density at radius 2 is 1.88 bits per heavy atom. The molecule has 0 spiro atoms. The summed E-state index contributed by atoms with van der Waals surface area (Å²) >= 11 is 0. The second-order valence-corrected chi connectivity index (χ2v) is 5.67. The second kappa shape index (κ2) is 7.86. The Balaban J connectivity index is 2.08. The first-order valence-corrected chi connectivity index (χ1v) is 7.75. The monoisotopic (exact) mass is 337 g/mol. The number of hydrogen-bond donors (Lipinski definition) is 2. The van der Waals surface area contributed by atoms with Crippen molar-refractivity contribution in [2.45, 2.75) is 44.3 Å². The molecule has 0 saturated heterocycles. The first-order valence-electron chi connectivity index (χ1n) is 7.75. The van der Waals surface area contributed by atoms with Gasteiger partial charge in [0.1, 0.15) is 11.6 Å². The summed E-state index contributed by atoms with van der Waals surface area (Å²) in [5.74, 6) is -0.863. The van der Waals surface area contributed by atoms with Crippen molar-refractivity contribution < 1.29 is 18.0 Å². The van der Waals surface area contributed by atoms with E-state index < -0.39 is 17.6 Å². The van der Waals surface area contributed by atoms with E-state index in [9.17, 15) is 18.0 Å². The highest BCUT2D eigenvalue weighted by molar-refractivity contribution is 6.06. The van der Waals surface area contributed by atoms with E-state index in [-0.39, 0.29) is 17.3 Å². The first-order chi connectivity index (χ1) is 11.4. The molecule has 128 valence electrons. The first kappa shape index (κ1) is 17.9. The van der Waals surface area contributed by atoms with E-state index in [0.717, 1.165) is 37.8 Å². The average molecular weight is 337 g/mol. The lowest BCUT2D eigenvalue weighted by molar-refractivity contribution is -0.137. The van der Waals surface area contributed by atoms with E-state index in [1.54, 1.807) is 6.07 Å². The second-order valence-electron chi connectivity index (χ2n) is 5.67. The van der Waals surface area contributed by atoms with Crippen LogP contribution in [0.5, 0.6) is 0 Å². The zero-order chi connectivity index (χ0) is 17.6. The molecule has 1 saturated carbocycles. The summed E-state index contributed by atoms with van der Waals surface area (Å²) in [6.07, 6.45) is 1.95. The number of carbonyl (C=O) groups is 1. The highest BCUT2D eigenvalue weighted by atomic mass is 19.4. The zero-order valence-electron chi connectivity index (χ0n) is 13.0. The summed E-state index contributed by atoms with van der Waals surface area (Å²) in [6, 6.07) is 6.58. The maximum atomic E-state index is 12.9. The van der Waals surface area contributed by atoms with Gasteiger partial charge in [0.15, 0.2) is 0 Å². The van der Waals surface area contributed by atoms with Crippen molar-refractivity contribution in [1.82, 2.24) is 5.32 Å². The Kier molecular flexibility index (Phi) is 5.85. The Bertz CT molecular complexity index is 656. The van der Waals surface area contributed by atoms with Gasteiger partial charge in [-0.2, -0.15) is 18.4 Å². The lowest BCUT2D eigenvalue weighted by atomic mass is 9.96. The number of halogens is 3. The molecule has 1 aliphatic carbocycles. The molecular formula is C17H18F3N3O. The normalized spacial score (nSPS) is 16.3. The molecule has 4 nitrogen and oxygen atoms in total. The molecule has 0 radical (unpaired) electrons. The van der Waals surface area contributed by atoms with Gasteiger partial charge in [-0.05, 0) is 25.0 Å². The van der Waals surface area contributed by atoms with Crippen molar-refractivity contribution in [2.24, 2.45) is 0 Å². The van der Waals surface area contributed by atoms with Crippen molar-refractivity contribution in [1.29, 1.82) is 5.26 Å². The van der Waals surface area contributed by atoms with Crippen LogP contribution in [0.15, 0.2) is 36.0 Å². The molecule has 0 heterocycles. The van der Waals surface area contributed by atoms with Crippen molar-refractivity contribution in [3.8, 4) is 6.07 Å². The van der Waals surface area contributed by atoms with E-state index in [0.29, 0.717) is 0 Å². The molecule has 2 rings (SSSR count). The fourth-order valence-corrected chi connectivity index (χ4v) is 2.65. The zero-order valence-corrected chi connectivity index (χ0v) is 13.0. The van der Waals surface area contributed by atoms with E-state index in [2.05, 4.69) is 10.6 Å². The minimum absolute atomic E-state index is 0.192. The summed E-state index contributed by atoms with van der Waals surface area (Å²) in [5.41, 5.74) is -1.57. The fraction of sp³-hybridized carbons (Fsp3) is 0.412. The molecule has 1 fully saturated rings. The summed E-state index contributed by atoms with van der Waals surface area (Å²) in [5, 5.41) is 14.3. The maximum Gasteiger partial charge on any atom is 0.418 e. The number of alkyl halides is 3. The van der Waals surface area contributed by atoms with Gasteiger partial charge in [0.25, 0.3) is 5.91 Å². The van der Waals surface area contributed by atoms with Crippen molar-refractivity contribution in [3.05, 3.63) is 41.6 Å². The standard InChI is InChI=1S/C17H18F3N3O/c18-17(19,20)14-8-4-5-9-15(14)23-16(24)12(10-21)11-22-13-6-2-1-3-7-13/h4-5,8-9,11,13,22H,1-3,6-7H2,(H,23,24)/b12-11-. The number of rotatable bonds is 4. The molecule has 0 atom stereocenters. The largest absolute Gasteiger partial charge is 0.418 e. The van der Waals surface area contributed by atoms with Gasteiger partial charge in [0.2, 0.25) is 0 Å². The van der Waals surface area contributed by atoms with Crippen molar-refractivity contribution in [2.75, 3.05) is 5.32 Å². The summed E-state index contributed by atoms with van der Waals surface area (Å²) in [7, 11) is 0. The molecule has 7 heteroatoms. The van der Waals surface area contributed by atoms with Gasteiger partial charge in [-0.3, -0.25) is 4.79 Å². The SMILES string of the molecule is N#C/C(=C/NC1CCCCC1)C(=O)Nc1ccccc1C(F)(F)F. The molecule has 1 aromatic carbocycles. The number of benzene rings is 1. The van der Waals surface area contributed by atoms with Crippen LogP contribution in [0.3, 0.4) is 0 Å². The third kappa shape index (κ3) is 4.75. The molecule has 0 aromatic heterocycles. The van der Waals surface area contributed by atoms with Crippen molar-refractivity contribution >= 4 is 11.6 Å². The van der Waals surface area contributed by atoms with Gasteiger partial charge >= 0.3 is 6.18 Å². The van der Waals surface area contributed by atoms with Gasteiger partial charge in [0.05, 0.1) is 11.3 Å². The number of nitriles is 1. The van der Waals surface area contributed by atoms with E-state index in [4.69, 9.17) is 5.26 Å². The number of hydrogen-bond acceptors (Lipinski definition) is 3. The maximum absolute atomic E-state index is 12.9. The van der Waals surface area contributed by atoms with Crippen molar-refractivity contribution in [3.63, 3.8) is 0 Å². The Morgan fingerprint density at radius 1 is 1.21 bits per heavy atom. The average Bonchev–Trinajstić information content (AvgIpc) is 2.56. The van der Waals surface area contributed by atoms with E-state index in [1.165, 1.54) is 24.8 Å². The molecule has 24 heavy (non-hydrogen) atoms. The van der Waals surface area contributed by atoms with Crippen LogP contribution in [0.2, 0.25) is 0 Å². The molecule has 1 aliphatic rings. The van der Waals surface area contributed by atoms with Crippen LogP contribution in [0.25, 0.3) is 0 Å². The summed E-state index contributed by atoms with van der Waals surface area (Å²) in [4.78, 5) is 12.1. The Labute approximate surface area is 138 Å². The lowest BCUT2D eigenvalue weighted by Crippen LogP contribution is -2.28. The van der Waals surface area contributed by atoms with Crippen LogP contribution in [-0.2, 0) is 11.0 Å². The molecule has 1 amide bonds. The third-order valence-electron chi connectivity index (χ3n) is 3.91. The molecular weight excluding hydrogens is 319 g/mol. The fourth-order valence-electron chi connectivity index (χ4n) is 2.65. The number of carbonyl (C=O) groups excluding carboxylic acids is 1. The highest BCUT2D eigenvalue weighted by Crippen LogP contribution is 2.34. The van der Waals surface area contributed by atoms with Crippen LogP contribution < -0.4 is 10.6 Å². The molecule has 2 N–H and O–H groups in total. The smallest absolute Gasteiger partial charge is 0.387 e. The predicted octanol–water partition coefficient (Wildman–Crippen LogP) is 3.97. The molecule has 0 unspecified atom stereocenters. The van der Waals surface area contributed by atoms with Crippen LogP contribution in [0, 0.1) is 11.3 Å². The minimum Gasteiger partial charge on any atom is -0.387 e. The molecule has 0 bridgehead atoms. The van der Waals surface area contributed by atoms with Gasteiger partial charge in [-0.15, -0.1) is 0 Å². The number of anilines is 1. The highest BCUT2D eigenvalue weighted by Gasteiger charge is 2.33. The lowest BCUT2D eigenvalue weighted by Gasteiger charge is -2.21. The summed E-state index contributed by atoms with van der Waals surface area (Å²) < 4.78 is 38.8. The predicted molar refractivity (Wildman–Crippen MR) is 83.8 cm³/mol. The molecule has 1 aromatic rings. The van der Waals surface area contributed by atoms with Crippen LogP contribution in [0.1, 0.15) is 37.7 Å². The topological polar surface area (TPSA) is 64.9 Å². The number of amides is 1. The minimum atomic E-state index is -4.58. The quantitative estimate of drug-likeness (QED) is 0.645. The Hall–Kier alpha value is -2.49. The van der Waals surface area contributed by atoms with Crippen LogP contribution in [-0.4, -0.2) is 11.9 Å². The van der Waals surface area contributed by atoms with Gasteiger partial charge in [-0.1, -0.05) is 31.4 Å². The van der Waals surface area contributed by atoms with Crippen LogP contribution >= 0.6 is 0 Å². The molecule has 0 aliphatic heterocycles. The number of para-hydroxylation sites is 1. The Morgan fingerprint density at radius 3 is 2.50 bits per heavy atom. The van der Waals surface area contributed by atoms with E-state index in [1.807, 2.05) is 0 Å². The number of nitrogens with one attached hydrogen (secondary N) is 2. The third-order valence-corrected chi connectivity index (χ3v) is 3.91. The van der Waals surface area contributed by atoms with Gasteiger partial charge in [-0.25, -0.2) is 0 Å². The summed E-state index contributed by atoms with van der Waals surface area (Å²) in [6.45, 7) is 0. The number of nitrogens with zero attached hydrogens (tertiary/aromatic N) is 1. The van der Waals surface area contributed by atoms with Gasteiger partial charge in [0, 0.05) is 12.2 Å². The van der Waals surface area contributed by atoms with Crippen LogP contribution in [0.4, 0.5) is 18.9 Å². The van der Waals surface area contributed by atoms with Gasteiger partial charge < -0.3 is 10.6 Å². The van der Waals surface area contributed by atoms with E-state index >= 15 is 0 Å².